The minimum Gasteiger partial charge on any atom is -0.382 e. The molecule has 0 fully saturated rings. The minimum atomic E-state index is 0.314. The number of hydrogen-bond donors (Lipinski definition) is 1. The number of rotatable bonds is 4. The lowest BCUT2D eigenvalue weighted by Gasteiger charge is -2.10. The molecule has 146 valence electrons. The molecule has 2 N–H and O–H groups in total. The van der Waals surface area contributed by atoms with Crippen molar-refractivity contribution in [3.8, 4) is 0 Å². The molecule has 0 saturated carbocycles. The number of fused-ring (bicyclic) bond motifs is 2. The fourth-order valence-corrected chi connectivity index (χ4v) is 4.42. The highest BCUT2D eigenvalue weighted by molar-refractivity contribution is 6.34. The van der Waals surface area contributed by atoms with E-state index in [0.717, 1.165) is 47.6 Å². The van der Waals surface area contributed by atoms with Crippen molar-refractivity contribution >= 4 is 51.0 Å². The van der Waals surface area contributed by atoms with Gasteiger partial charge < -0.3 is 10.3 Å². The maximum atomic E-state index is 6.18. The molecule has 5 nitrogen and oxygen atoms in total. The molecule has 0 spiro atoms. The fourth-order valence-electron chi connectivity index (χ4n) is 4.07. The summed E-state index contributed by atoms with van der Waals surface area (Å²) in [6.07, 6.45) is 10.1. The molecular formula is C22H19Cl2N5. The lowest BCUT2D eigenvalue weighted by atomic mass is 10.0. The normalized spacial score (nSPS) is 16.6. The molecule has 3 heterocycles. The van der Waals surface area contributed by atoms with Gasteiger partial charge in [-0.15, -0.1) is 0 Å². The van der Waals surface area contributed by atoms with Crippen LogP contribution in [0.3, 0.4) is 0 Å². The summed E-state index contributed by atoms with van der Waals surface area (Å²) in [4.78, 5) is 12.9. The van der Waals surface area contributed by atoms with Gasteiger partial charge in [-0.25, -0.2) is 15.0 Å². The van der Waals surface area contributed by atoms with Crippen molar-refractivity contribution < 1.29 is 0 Å². The molecule has 7 heteroatoms. The molecule has 1 aliphatic rings. The van der Waals surface area contributed by atoms with Crippen LogP contribution in [0.5, 0.6) is 0 Å². The van der Waals surface area contributed by atoms with Crippen molar-refractivity contribution in [2.24, 2.45) is 0 Å². The van der Waals surface area contributed by atoms with E-state index >= 15 is 0 Å². The molecule has 0 amide bonds. The second-order valence-electron chi connectivity index (χ2n) is 7.44. The first-order valence-electron chi connectivity index (χ1n) is 9.60. The van der Waals surface area contributed by atoms with Crippen LogP contribution in [0.1, 0.15) is 30.9 Å². The van der Waals surface area contributed by atoms with Gasteiger partial charge in [-0.1, -0.05) is 47.0 Å². The Labute approximate surface area is 178 Å². The van der Waals surface area contributed by atoms with E-state index in [1.807, 2.05) is 12.1 Å². The van der Waals surface area contributed by atoms with Gasteiger partial charge in [0.25, 0.3) is 0 Å². The van der Waals surface area contributed by atoms with Gasteiger partial charge in [0.05, 0.1) is 22.0 Å². The summed E-state index contributed by atoms with van der Waals surface area (Å²) < 4.78 is 2.20. The molecule has 0 bridgehead atoms. The SMILES string of the molecule is Nc1nc2cc(CCC3=CC(n4ccc5c(Cl)ncnc54)CC3)ccc2cc1Cl. The van der Waals surface area contributed by atoms with E-state index in [2.05, 4.69) is 50.0 Å². The van der Waals surface area contributed by atoms with Gasteiger partial charge in [0.2, 0.25) is 0 Å². The van der Waals surface area contributed by atoms with Gasteiger partial charge in [-0.05, 0) is 49.4 Å². The van der Waals surface area contributed by atoms with E-state index < -0.39 is 0 Å². The molecule has 29 heavy (non-hydrogen) atoms. The number of aryl methyl sites for hydroxylation is 1. The minimum absolute atomic E-state index is 0.314. The second-order valence-corrected chi connectivity index (χ2v) is 8.20. The van der Waals surface area contributed by atoms with Gasteiger partial charge in [0, 0.05) is 11.6 Å². The number of halogens is 2. The van der Waals surface area contributed by atoms with Gasteiger partial charge in [0.15, 0.2) is 0 Å². The molecule has 1 aliphatic carbocycles. The van der Waals surface area contributed by atoms with Crippen molar-refractivity contribution in [1.29, 1.82) is 0 Å². The Morgan fingerprint density at radius 3 is 2.90 bits per heavy atom. The van der Waals surface area contributed by atoms with Crippen molar-refractivity contribution in [1.82, 2.24) is 19.5 Å². The van der Waals surface area contributed by atoms with Gasteiger partial charge in [0.1, 0.15) is 22.9 Å². The monoisotopic (exact) mass is 423 g/mol. The zero-order valence-corrected chi connectivity index (χ0v) is 17.2. The lowest BCUT2D eigenvalue weighted by Crippen LogP contribution is -2.02. The van der Waals surface area contributed by atoms with Crippen LogP contribution in [-0.4, -0.2) is 19.5 Å². The largest absolute Gasteiger partial charge is 0.382 e. The molecule has 0 aliphatic heterocycles. The topological polar surface area (TPSA) is 69.6 Å². The number of nitrogens with zero attached hydrogens (tertiary/aromatic N) is 4. The van der Waals surface area contributed by atoms with Crippen LogP contribution >= 0.6 is 23.2 Å². The van der Waals surface area contributed by atoms with Crippen LogP contribution in [0.2, 0.25) is 10.2 Å². The van der Waals surface area contributed by atoms with Crippen LogP contribution in [0.15, 0.2) is 54.5 Å². The summed E-state index contributed by atoms with van der Waals surface area (Å²) in [5.74, 6) is 0.375. The van der Waals surface area contributed by atoms with E-state index in [1.54, 1.807) is 0 Å². The predicted octanol–water partition coefficient (Wildman–Crippen LogP) is 5.76. The molecule has 0 radical (unpaired) electrons. The number of aromatic nitrogens is 4. The van der Waals surface area contributed by atoms with E-state index in [0.29, 0.717) is 22.0 Å². The molecule has 1 aromatic carbocycles. The summed E-state index contributed by atoms with van der Waals surface area (Å²) in [6, 6.07) is 10.5. The van der Waals surface area contributed by atoms with Crippen molar-refractivity contribution in [2.45, 2.75) is 31.7 Å². The highest BCUT2D eigenvalue weighted by atomic mass is 35.5. The van der Waals surface area contributed by atoms with E-state index in [1.165, 1.54) is 17.5 Å². The summed E-state index contributed by atoms with van der Waals surface area (Å²) in [5.41, 5.74) is 10.4. The third-order valence-corrected chi connectivity index (χ3v) is 6.21. The Balaban J connectivity index is 1.33. The quantitative estimate of drug-likeness (QED) is 0.334. The van der Waals surface area contributed by atoms with Crippen molar-refractivity contribution in [3.63, 3.8) is 0 Å². The van der Waals surface area contributed by atoms with Crippen LogP contribution in [-0.2, 0) is 6.42 Å². The maximum Gasteiger partial charge on any atom is 0.145 e. The lowest BCUT2D eigenvalue weighted by molar-refractivity contribution is 0.603. The summed E-state index contributed by atoms with van der Waals surface area (Å²) in [7, 11) is 0. The summed E-state index contributed by atoms with van der Waals surface area (Å²) in [6.45, 7) is 0. The molecule has 1 atom stereocenters. The molecule has 1 unspecified atom stereocenters. The molecule has 0 saturated heterocycles. The highest BCUT2D eigenvalue weighted by Gasteiger charge is 2.20. The van der Waals surface area contributed by atoms with Crippen LogP contribution in [0.4, 0.5) is 5.82 Å². The van der Waals surface area contributed by atoms with Gasteiger partial charge in [-0.3, -0.25) is 0 Å². The number of anilines is 1. The van der Waals surface area contributed by atoms with Gasteiger partial charge >= 0.3 is 0 Å². The predicted molar refractivity (Wildman–Crippen MR) is 118 cm³/mol. The first kappa shape index (κ1) is 18.4. The fraction of sp³-hybridized carbons (Fsp3) is 0.227. The average molecular weight is 424 g/mol. The smallest absolute Gasteiger partial charge is 0.145 e. The second kappa shape index (κ2) is 7.32. The third kappa shape index (κ3) is 3.45. The maximum absolute atomic E-state index is 6.18. The molecular weight excluding hydrogens is 405 g/mol. The van der Waals surface area contributed by atoms with E-state index in [9.17, 15) is 0 Å². The average Bonchev–Trinajstić information content (AvgIpc) is 3.35. The first-order chi connectivity index (χ1) is 14.1. The number of benzene rings is 1. The van der Waals surface area contributed by atoms with Crippen molar-refractivity contribution in [3.05, 3.63) is 70.2 Å². The number of nitrogens with two attached hydrogens (primary N) is 1. The van der Waals surface area contributed by atoms with Crippen molar-refractivity contribution in [2.75, 3.05) is 5.73 Å². The molecule has 5 rings (SSSR count). The van der Waals surface area contributed by atoms with Crippen LogP contribution in [0, 0.1) is 0 Å². The zero-order chi connectivity index (χ0) is 20.0. The Morgan fingerprint density at radius 2 is 2.00 bits per heavy atom. The van der Waals surface area contributed by atoms with E-state index in [4.69, 9.17) is 28.9 Å². The van der Waals surface area contributed by atoms with Crippen LogP contribution in [0.25, 0.3) is 21.9 Å². The zero-order valence-electron chi connectivity index (χ0n) is 15.6. The number of hydrogen-bond acceptors (Lipinski definition) is 4. The Hall–Kier alpha value is -2.63. The third-order valence-electron chi connectivity index (χ3n) is 5.60. The Morgan fingerprint density at radius 1 is 1.10 bits per heavy atom. The molecule has 4 aromatic rings. The Bertz CT molecular complexity index is 1260. The van der Waals surface area contributed by atoms with E-state index in [-0.39, 0.29) is 0 Å². The highest BCUT2D eigenvalue weighted by Crippen LogP contribution is 2.34. The first-order valence-corrected chi connectivity index (χ1v) is 10.4. The summed E-state index contributed by atoms with van der Waals surface area (Å²) >= 11 is 12.2. The number of pyridine rings is 1. The molecule has 3 aromatic heterocycles. The number of allylic oxidation sites excluding steroid dienone is 2. The van der Waals surface area contributed by atoms with Crippen LogP contribution < -0.4 is 5.73 Å². The Kier molecular flexibility index (Phi) is 4.64. The number of nitrogen functional groups attached to an aromatic ring is 1. The van der Waals surface area contributed by atoms with Gasteiger partial charge in [-0.2, -0.15) is 0 Å². The standard InChI is InChI=1S/C22H19Cl2N5/c23-18-11-15-5-3-14(10-19(15)28-21(18)25)2-1-13-4-6-16(9-13)29-8-7-17-20(24)26-12-27-22(17)29/h3,5,7-12,16H,1-2,4,6H2,(H2,25,28). The summed E-state index contributed by atoms with van der Waals surface area (Å²) in [5, 5.41) is 2.91.